The van der Waals surface area contributed by atoms with Crippen molar-refractivity contribution in [3.63, 3.8) is 0 Å². The molecular weight excluding hydrogens is 633 g/mol. The summed E-state index contributed by atoms with van der Waals surface area (Å²) in [6, 6.07) is 67.0. The van der Waals surface area contributed by atoms with Gasteiger partial charge in [-0.05, 0) is 51.2 Å². The number of hydrogen-bond acceptors (Lipinski definition) is 4. The van der Waals surface area contributed by atoms with Gasteiger partial charge in [-0.15, -0.1) is 0 Å². The molecule has 9 aromatic rings. The predicted octanol–water partition coefficient (Wildman–Crippen LogP) is 12.1. The van der Waals surface area contributed by atoms with Crippen LogP contribution in [0.1, 0.15) is 0 Å². The fraction of sp³-hybridized carbons (Fsp3) is 0. The highest BCUT2D eigenvalue weighted by atomic mass is 15.0. The Balaban J connectivity index is 1.12. The lowest BCUT2D eigenvalue weighted by Gasteiger charge is -2.12. The third kappa shape index (κ3) is 6.26. The van der Waals surface area contributed by atoms with Gasteiger partial charge in [0.2, 0.25) is 0 Å². The van der Waals surface area contributed by atoms with Gasteiger partial charge in [0.1, 0.15) is 0 Å². The van der Waals surface area contributed by atoms with Gasteiger partial charge < -0.3 is 0 Å². The van der Waals surface area contributed by atoms with Crippen molar-refractivity contribution in [1.29, 1.82) is 0 Å². The lowest BCUT2D eigenvalue weighted by atomic mass is 9.95. The van der Waals surface area contributed by atoms with Gasteiger partial charge >= 0.3 is 0 Å². The zero-order chi connectivity index (χ0) is 34.7. The van der Waals surface area contributed by atoms with Gasteiger partial charge in [-0.2, -0.15) is 0 Å². The molecule has 0 aliphatic carbocycles. The normalized spacial score (nSPS) is 11.1. The molecule has 2 aromatic heterocycles. The molecule has 4 nitrogen and oxygen atoms in total. The molecule has 0 unspecified atom stereocenters. The van der Waals surface area contributed by atoms with Gasteiger partial charge in [0.15, 0.2) is 17.5 Å². The number of rotatable bonds is 7. The minimum atomic E-state index is 0.637. The second-order valence-electron chi connectivity index (χ2n) is 12.7. The van der Waals surface area contributed by atoms with Crippen LogP contribution in [0.5, 0.6) is 0 Å². The van der Waals surface area contributed by atoms with Gasteiger partial charge in [0.05, 0.1) is 11.4 Å². The molecule has 0 aliphatic heterocycles. The topological polar surface area (TPSA) is 51.6 Å². The molecule has 0 saturated carbocycles. The fourth-order valence-electron chi connectivity index (χ4n) is 6.65. The molecule has 0 bridgehead atoms. The van der Waals surface area contributed by atoms with Crippen molar-refractivity contribution in [3.8, 4) is 78.9 Å². The maximum Gasteiger partial charge on any atom is 0.164 e. The number of benzene rings is 7. The molecule has 0 aliphatic rings. The van der Waals surface area contributed by atoms with Crippen molar-refractivity contribution >= 4 is 10.8 Å². The van der Waals surface area contributed by atoms with Crippen LogP contribution in [0.4, 0.5) is 0 Å². The molecule has 2 heterocycles. The molecule has 0 saturated heterocycles. The minimum Gasteiger partial charge on any atom is -0.248 e. The summed E-state index contributed by atoms with van der Waals surface area (Å²) in [5, 5.41) is 2.28. The number of hydrogen-bond donors (Lipinski definition) is 0. The Labute approximate surface area is 302 Å². The molecule has 0 fully saturated rings. The van der Waals surface area contributed by atoms with Crippen LogP contribution >= 0.6 is 0 Å². The van der Waals surface area contributed by atoms with Crippen LogP contribution in [0.3, 0.4) is 0 Å². The van der Waals surface area contributed by atoms with Crippen LogP contribution in [0, 0.1) is 0 Å². The maximum atomic E-state index is 5.14. The van der Waals surface area contributed by atoms with Gasteiger partial charge in [-0.25, -0.2) is 19.9 Å². The lowest BCUT2D eigenvalue weighted by molar-refractivity contribution is 1.07. The van der Waals surface area contributed by atoms with E-state index in [1.165, 1.54) is 0 Å². The zero-order valence-electron chi connectivity index (χ0n) is 28.3. The van der Waals surface area contributed by atoms with Gasteiger partial charge in [-0.3, -0.25) is 0 Å². The van der Waals surface area contributed by atoms with Crippen molar-refractivity contribution < 1.29 is 0 Å². The van der Waals surface area contributed by atoms with Gasteiger partial charge in [-0.1, -0.05) is 176 Å². The van der Waals surface area contributed by atoms with Crippen LogP contribution in [-0.2, 0) is 0 Å². The Kier molecular flexibility index (Phi) is 8.16. The third-order valence-corrected chi connectivity index (χ3v) is 9.33. The molecule has 0 atom stereocenters. The van der Waals surface area contributed by atoms with E-state index < -0.39 is 0 Å². The summed E-state index contributed by atoms with van der Waals surface area (Å²) < 4.78 is 0. The average molecular weight is 665 g/mol. The molecular formula is C48H32N4. The first-order valence-corrected chi connectivity index (χ1v) is 17.4. The van der Waals surface area contributed by atoms with E-state index in [0.717, 1.165) is 72.2 Å². The Morgan fingerprint density at radius 2 is 0.692 bits per heavy atom. The Bertz CT molecular complexity index is 2530. The number of fused-ring (bicyclic) bond motifs is 1. The van der Waals surface area contributed by atoms with Crippen LogP contribution in [-0.4, -0.2) is 19.9 Å². The third-order valence-electron chi connectivity index (χ3n) is 9.33. The van der Waals surface area contributed by atoms with E-state index in [2.05, 4.69) is 121 Å². The standard InChI is InChI=1S/C48H32N4/c1-5-14-33(15-6-1)41-31-44(36-16-7-2-8-17-36)49-45(32-41)37-27-24-35(25-28-37)42-23-13-22-34-26-29-40(30-43(34)42)48-51-46(38-18-9-3-10-19-38)50-47(52-48)39-20-11-4-12-21-39/h1-32H. The Hall–Kier alpha value is -7.04. The van der Waals surface area contributed by atoms with Gasteiger partial charge in [0.25, 0.3) is 0 Å². The van der Waals surface area contributed by atoms with E-state index in [9.17, 15) is 0 Å². The number of pyridine rings is 1. The Morgan fingerprint density at radius 3 is 1.25 bits per heavy atom. The lowest BCUT2D eigenvalue weighted by Crippen LogP contribution is -2.00. The van der Waals surface area contributed by atoms with Gasteiger partial charge in [0, 0.05) is 27.8 Å². The van der Waals surface area contributed by atoms with E-state index in [1.807, 2.05) is 72.8 Å². The zero-order valence-corrected chi connectivity index (χ0v) is 28.3. The highest BCUT2D eigenvalue weighted by Gasteiger charge is 2.14. The van der Waals surface area contributed by atoms with Crippen molar-refractivity contribution in [2.45, 2.75) is 0 Å². The minimum absolute atomic E-state index is 0.637. The molecule has 7 aromatic carbocycles. The molecule has 0 radical (unpaired) electrons. The van der Waals surface area contributed by atoms with Crippen LogP contribution in [0.2, 0.25) is 0 Å². The largest absolute Gasteiger partial charge is 0.248 e. The van der Waals surface area contributed by atoms with E-state index in [4.69, 9.17) is 19.9 Å². The first-order chi connectivity index (χ1) is 25.7. The fourth-order valence-corrected chi connectivity index (χ4v) is 6.65. The molecule has 9 rings (SSSR count). The summed E-state index contributed by atoms with van der Waals surface area (Å²) in [5.74, 6) is 1.93. The summed E-state index contributed by atoms with van der Waals surface area (Å²) in [5.41, 5.74) is 11.4. The first-order valence-electron chi connectivity index (χ1n) is 17.4. The molecule has 52 heavy (non-hydrogen) atoms. The van der Waals surface area contributed by atoms with Crippen molar-refractivity contribution in [1.82, 2.24) is 19.9 Å². The summed E-state index contributed by atoms with van der Waals surface area (Å²) >= 11 is 0. The van der Waals surface area contributed by atoms with E-state index in [-0.39, 0.29) is 0 Å². The summed E-state index contributed by atoms with van der Waals surface area (Å²) in [6.45, 7) is 0. The first kappa shape index (κ1) is 31.0. The van der Waals surface area contributed by atoms with E-state index >= 15 is 0 Å². The number of aromatic nitrogens is 4. The highest BCUT2D eigenvalue weighted by Crippen LogP contribution is 2.35. The molecule has 0 N–H and O–H groups in total. The smallest absolute Gasteiger partial charge is 0.164 e. The van der Waals surface area contributed by atoms with Crippen molar-refractivity contribution in [2.75, 3.05) is 0 Å². The molecule has 4 heteroatoms. The highest BCUT2D eigenvalue weighted by molar-refractivity contribution is 5.99. The molecule has 0 amide bonds. The second-order valence-corrected chi connectivity index (χ2v) is 12.7. The predicted molar refractivity (Wildman–Crippen MR) is 213 cm³/mol. The average Bonchev–Trinajstić information content (AvgIpc) is 3.24. The van der Waals surface area contributed by atoms with E-state index in [0.29, 0.717) is 17.5 Å². The van der Waals surface area contributed by atoms with Crippen molar-refractivity contribution in [2.24, 2.45) is 0 Å². The summed E-state index contributed by atoms with van der Waals surface area (Å²) in [7, 11) is 0. The van der Waals surface area contributed by atoms with Crippen LogP contribution in [0.25, 0.3) is 89.7 Å². The Morgan fingerprint density at radius 1 is 0.250 bits per heavy atom. The van der Waals surface area contributed by atoms with Crippen molar-refractivity contribution in [3.05, 3.63) is 194 Å². The maximum absolute atomic E-state index is 5.14. The monoisotopic (exact) mass is 664 g/mol. The summed E-state index contributed by atoms with van der Waals surface area (Å²) in [6.07, 6.45) is 0. The second kappa shape index (κ2) is 13.7. The molecule has 244 valence electrons. The van der Waals surface area contributed by atoms with Crippen LogP contribution in [0.15, 0.2) is 194 Å². The quantitative estimate of drug-likeness (QED) is 0.170. The molecule has 0 spiro atoms. The van der Waals surface area contributed by atoms with E-state index in [1.54, 1.807) is 0 Å². The number of nitrogens with zero attached hydrogens (tertiary/aromatic N) is 4. The summed E-state index contributed by atoms with van der Waals surface area (Å²) in [4.78, 5) is 20.0. The SMILES string of the molecule is c1ccc(-c2cc(-c3ccccc3)nc(-c3ccc(-c4cccc5ccc(-c6nc(-c7ccccc7)nc(-c7ccccc7)n6)cc45)cc3)c2)cc1. The van der Waals surface area contributed by atoms with Crippen LogP contribution < -0.4 is 0 Å².